The minimum Gasteiger partial charge on any atom is -0.507 e. The quantitative estimate of drug-likeness (QED) is 0.265. The molecule has 168 valence electrons. The van der Waals surface area contributed by atoms with Crippen molar-refractivity contribution in [3.05, 3.63) is 81.6 Å². The third-order valence-electron chi connectivity index (χ3n) is 5.46. The molecule has 0 bridgehead atoms. The number of nitrogens with zero attached hydrogens (tertiary/aromatic N) is 3. The van der Waals surface area contributed by atoms with Crippen LogP contribution in [0.5, 0.6) is 0 Å². The highest BCUT2D eigenvalue weighted by Crippen LogP contribution is 2.43. The van der Waals surface area contributed by atoms with Crippen LogP contribution < -0.4 is 4.90 Å². The maximum Gasteiger partial charge on any atom is 0.350 e. The van der Waals surface area contributed by atoms with E-state index < -0.39 is 23.7 Å². The van der Waals surface area contributed by atoms with Crippen LogP contribution in [0.3, 0.4) is 0 Å². The molecule has 1 saturated heterocycles. The van der Waals surface area contributed by atoms with Crippen molar-refractivity contribution < 1.29 is 24.2 Å². The predicted octanol–water partition coefficient (Wildman–Crippen LogP) is 3.82. The second-order valence-electron chi connectivity index (χ2n) is 7.40. The van der Waals surface area contributed by atoms with Crippen molar-refractivity contribution in [1.29, 1.82) is 0 Å². The van der Waals surface area contributed by atoms with Crippen molar-refractivity contribution >= 4 is 39.9 Å². The van der Waals surface area contributed by atoms with Gasteiger partial charge < -0.3 is 9.84 Å². The van der Waals surface area contributed by atoms with Crippen LogP contribution in [-0.4, -0.2) is 39.8 Å². The minimum atomic E-state index is -0.917. The highest BCUT2D eigenvalue weighted by Gasteiger charge is 2.48. The van der Waals surface area contributed by atoms with Crippen LogP contribution in [0.4, 0.5) is 5.13 Å². The largest absolute Gasteiger partial charge is 0.507 e. The second kappa shape index (κ2) is 8.95. The Morgan fingerprint density at radius 1 is 1.15 bits per heavy atom. The molecule has 0 spiro atoms. The standard InChI is InChI=1S/C24H21N3O5S/c1-4-14-5-7-15(8-6-14)18-17(19(28)16-9-11-25-12-10-16)20(29)22(30)27(18)24-26-13(2)21(33-24)23(31)32-3/h5-12,18,28H,4H2,1-3H3. The van der Waals surface area contributed by atoms with E-state index in [2.05, 4.69) is 9.97 Å². The maximum atomic E-state index is 13.2. The van der Waals surface area contributed by atoms with Gasteiger partial charge in [0.05, 0.1) is 24.4 Å². The molecular weight excluding hydrogens is 442 g/mol. The van der Waals surface area contributed by atoms with Gasteiger partial charge in [0.2, 0.25) is 0 Å². The molecule has 0 saturated carbocycles. The summed E-state index contributed by atoms with van der Waals surface area (Å²) in [6.07, 6.45) is 3.80. The van der Waals surface area contributed by atoms with Crippen molar-refractivity contribution in [2.24, 2.45) is 0 Å². The first-order chi connectivity index (χ1) is 15.9. The average molecular weight is 464 g/mol. The van der Waals surface area contributed by atoms with Crippen LogP contribution in [0, 0.1) is 6.92 Å². The topological polar surface area (TPSA) is 110 Å². The molecule has 9 heteroatoms. The Morgan fingerprint density at radius 2 is 1.82 bits per heavy atom. The van der Waals surface area contributed by atoms with Gasteiger partial charge in [0, 0.05) is 18.0 Å². The molecule has 1 unspecified atom stereocenters. The van der Waals surface area contributed by atoms with Gasteiger partial charge in [-0.1, -0.05) is 42.5 Å². The van der Waals surface area contributed by atoms with Gasteiger partial charge in [-0.3, -0.25) is 19.5 Å². The smallest absolute Gasteiger partial charge is 0.350 e. The van der Waals surface area contributed by atoms with Gasteiger partial charge in [-0.05, 0) is 36.6 Å². The van der Waals surface area contributed by atoms with E-state index in [9.17, 15) is 19.5 Å². The molecule has 2 aromatic heterocycles. The first kappa shape index (κ1) is 22.3. The summed E-state index contributed by atoms with van der Waals surface area (Å²) in [6, 6.07) is 9.67. The van der Waals surface area contributed by atoms with Crippen molar-refractivity contribution in [2.45, 2.75) is 26.3 Å². The number of pyridine rings is 1. The van der Waals surface area contributed by atoms with Crippen LogP contribution in [0.15, 0.2) is 54.4 Å². The number of hydrogen-bond donors (Lipinski definition) is 1. The van der Waals surface area contributed by atoms with Crippen LogP contribution >= 0.6 is 11.3 Å². The van der Waals surface area contributed by atoms with Gasteiger partial charge in [0.15, 0.2) is 5.13 Å². The Hall–Kier alpha value is -3.85. The van der Waals surface area contributed by atoms with E-state index >= 15 is 0 Å². The summed E-state index contributed by atoms with van der Waals surface area (Å²) in [4.78, 5) is 48.2. The van der Waals surface area contributed by atoms with Crippen LogP contribution in [0.25, 0.3) is 5.76 Å². The first-order valence-corrected chi connectivity index (χ1v) is 11.0. The van der Waals surface area contributed by atoms with E-state index in [1.807, 2.05) is 31.2 Å². The third-order valence-corrected chi connectivity index (χ3v) is 6.60. The summed E-state index contributed by atoms with van der Waals surface area (Å²) >= 11 is 0.964. The van der Waals surface area contributed by atoms with Crippen molar-refractivity contribution in [1.82, 2.24) is 9.97 Å². The molecule has 1 amide bonds. The molecule has 1 aromatic carbocycles. The van der Waals surface area contributed by atoms with Gasteiger partial charge in [0.1, 0.15) is 10.6 Å². The van der Waals surface area contributed by atoms with Gasteiger partial charge in [-0.15, -0.1) is 0 Å². The number of aliphatic hydroxyl groups is 1. The maximum absolute atomic E-state index is 13.2. The zero-order chi connectivity index (χ0) is 23.7. The number of amides is 1. The van der Waals surface area contributed by atoms with Crippen molar-refractivity contribution in [3.8, 4) is 0 Å². The van der Waals surface area contributed by atoms with Gasteiger partial charge >= 0.3 is 11.9 Å². The Kier molecular flexibility index (Phi) is 6.06. The molecule has 3 heterocycles. The minimum absolute atomic E-state index is 0.0529. The summed E-state index contributed by atoms with van der Waals surface area (Å²) < 4.78 is 4.80. The van der Waals surface area contributed by atoms with E-state index in [1.165, 1.54) is 24.4 Å². The Labute approximate surface area is 194 Å². The number of aryl methyl sites for hydroxylation is 2. The van der Waals surface area contributed by atoms with Crippen LogP contribution in [0.1, 0.15) is 45.0 Å². The Morgan fingerprint density at radius 3 is 2.42 bits per heavy atom. The average Bonchev–Trinajstić information content (AvgIpc) is 3.35. The second-order valence-corrected chi connectivity index (χ2v) is 8.38. The number of anilines is 1. The predicted molar refractivity (Wildman–Crippen MR) is 123 cm³/mol. The normalized spacial score (nSPS) is 17.4. The van der Waals surface area contributed by atoms with E-state index in [1.54, 1.807) is 19.1 Å². The summed E-state index contributed by atoms with van der Waals surface area (Å²) in [7, 11) is 1.26. The number of hydrogen-bond acceptors (Lipinski definition) is 8. The number of methoxy groups -OCH3 is 1. The number of rotatable bonds is 5. The third kappa shape index (κ3) is 3.91. The number of aromatic nitrogens is 2. The van der Waals surface area contributed by atoms with Crippen molar-refractivity contribution in [3.63, 3.8) is 0 Å². The number of carbonyl (C=O) groups is 3. The monoisotopic (exact) mass is 463 g/mol. The summed E-state index contributed by atoms with van der Waals surface area (Å²) in [5, 5.41) is 11.2. The zero-order valence-electron chi connectivity index (χ0n) is 18.2. The van der Waals surface area contributed by atoms with Crippen LogP contribution in [-0.2, 0) is 20.7 Å². The molecule has 0 radical (unpaired) electrons. The molecular formula is C24H21N3O5S. The highest BCUT2D eigenvalue weighted by molar-refractivity contribution is 7.17. The van der Waals surface area contributed by atoms with E-state index in [0.29, 0.717) is 16.8 Å². The highest BCUT2D eigenvalue weighted by atomic mass is 32.1. The van der Waals surface area contributed by atoms with Crippen molar-refractivity contribution in [2.75, 3.05) is 12.0 Å². The van der Waals surface area contributed by atoms with Gasteiger partial charge in [0.25, 0.3) is 5.78 Å². The number of carbonyl (C=O) groups excluding carboxylic acids is 3. The summed E-state index contributed by atoms with van der Waals surface area (Å²) in [5.41, 5.74) is 2.42. The Bertz CT molecular complexity index is 1270. The molecule has 3 aromatic rings. The van der Waals surface area contributed by atoms with Crippen LogP contribution in [0.2, 0.25) is 0 Å². The number of aliphatic hydroxyl groups excluding tert-OH is 1. The fourth-order valence-corrected chi connectivity index (χ4v) is 4.73. The summed E-state index contributed by atoms with van der Waals surface area (Å²) in [5.74, 6) is -2.54. The zero-order valence-corrected chi connectivity index (χ0v) is 19.0. The lowest BCUT2D eigenvalue weighted by Gasteiger charge is -2.23. The molecule has 0 aliphatic carbocycles. The lowest BCUT2D eigenvalue weighted by Crippen LogP contribution is -2.29. The molecule has 1 fully saturated rings. The SMILES string of the molecule is CCc1ccc(C2C(=C(O)c3ccncc3)C(=O)C(=O)N2c2nc(C)c(C(=O)OC)s2)cc1. The molecule has 1 aliphatic heterocycles. The Balaban J connectivity index is 1.92. The fraction of sp³-hybridized carbons (Fsp3) is 0.208. The molecule has 8 nitrogen and oxygen atoms in total. The van der Waals surface area contributed by atoms with Gasteiger partial charge in [-0.2, -0.15) is 0 Å². The fourth-order valence-electron chi connectivity index (χ4n) is 3.71. The first-order valence-electron chi connectivity index (χ1n) is 10.2. The number of ether oxygens (including phenoxy) is 1. The number of Topliss-reactive ketones (excluding diaryl/α,β-unsaturated/α-hetero) is 1. The number of ketones is 1. The molecule has 1 aliphatic rings. The lowest BCUT2D eigenvalue weighted by atomic mass is 9.95. The summed E-state index contributed by atoms with van der Waals surface area (Å²) in [6.45, 7) is 3.65. The lowest BCUT2D eigenvalue weighted by molar-refractivity contribution is -0.132. The molecule has 33 heavy (non-hydrogen) atoms. The number of esters is 1. The number of benzene rings is 1. The number of thiazole rings is 1. The van der Waals surface area contributed by atoms with E-state index in [0.717, 1.165) is 23.3 Å². The van der Waals surface area contributed by atoms with E-state index in [4.69, 9.17) is 4.74 Å². The molecule has 4 rings (SSSR count). The van der Waals surface area contributed by atoms with Gasteiger partial charge in [-0.25, -0.2) is 9.78 Å². The van der Waals surface area contributed by atoms with E-state index in [-0.39, 0.29) is 21.3 Å². The molecule has 1 N–H and O–H groups in total. The molecule has 1 atom stereocenters.